The predicted molar refractivity (Wildman–Crippen MR) is 113 cm³/mol. The van der Waals surface area contributed by atoms with Crippen molar-refractivity contribution in [3.63, 3.8) is 0 Å². The summed E-state index contributed by atoms with van der Waals surface area (Å²) in [6, 6.07) is 21.0. The normalized spacial score (nSPS) is 10.7. The van der Waals surface area contributed by atoms with Gasteiger partial charge in [-0.2, -0.15) is 0 Å². The molecule has 0 aliphatic carbocycles. The predicted octanol–water partition coefficient (Wildman–Crippen LogP) is 5.71. The maximum absolute atomic E-state index is 6.36. The first-order valence-electron chi connectivity index (χ1n) is 8.70. The first-order chi connectivity index (χ1) is 13.7. The number of ether oxygens (including phenoxy) is 2. The second-order valence-electron chi connectivity index (χ2n) is 6.09. The number of aromatic nitrogens is 2. The van der Waals surface area contributed by atoms with Gasteiger partial charge in [0.25, 0.3) is 0 Å². The van der Waals surface area contributed by atoms with Gasteiger partial charge in [0, 0.05) is 22.7 Å². The van der Waals surface area contributed by atoms with Crippen LogP contribution in [0.15, 0.2) is 66.7 Å². The third-order valence-electron chi connectivity index (χ3n) is 4.36. The molecule has 0 aliphatic rings. The van der Waals surface area contributed by atoms with Crippen LogP contribution in [0.25, 0.3) is 22.3 Å². The van der Waals surface area contributed by atoms with Gasteiger partial charge in [0.1, 0.15) is 5.82 Å². The van der Waals surface area contributed by atoms with Crippen molar-refractivity contribution in [3.05, 3.63) is 71.8 Å². The highest BCUT2D eigenvalue weighted by Gasteiger charge is 2.13. The largest absolute Gasteiger partial charge is 0.493 e. The van der Waals surface area contributed by atoms with Crippen LogP contribution in [0.1, 0.15) is 0 Å². The summed E-state index contributed by atoms with van der Waals surface area (Å²) in [6.07, 6.45) is 0. The number of hydrogen-bond donors (Lipinski definition) is 1. The number of nitrogens with one attached hydrogen (secondary N) is 1. The smallest absolute Gasteiger partial charge is 0.163 e. The lowest BCUT2D eigenvalue weighted by atomic mass is 10.1. The van der Waals surface area contributed by atoms with Gasteiger partial charge in [-0.1, -0.05) is 35.9 Å². The molecule has 0 saturated heterocycles. The van der Waals surface area contributed by atoms with Crippen molar-refractivity contribution in [2.45, 2.75) is 0 Å². The Labute approximate surface area is 167 Å². The summed E-state index contributed by atoms with van der Waals surface area (Å²) in [7, 11) is 3.22. The fraction of sp³-hybridized carbons (Fsp3) is 0.0909. The zero-order valence-electron chi connectivity index (χ0n) is 15.4. The second kappa shape index (κ2) is 7.74. The molecule has 0 spiro atoms. The van der Waals surface area contributed by atoms with E-state index in [0.717, 1.165) is 22.2 Å². The zero-order chi connectivity index (χ0) is 19.5. The molecule has 4 aromatic rings. The molecule has 0 radical (unpaired) electrons. The minimum absolute atomic E-state index is 0.562. The van der Waals surface area contributed by atoms with Crippen LogP contribution < -0.4 is 14.8 Å². The average molecular weight is 392 g/mol. The van der Waals surface area contributed by atoms with E-state index in [4.69, 9.17) is 26.1 Å². The number of halogens is 1. The Morgan fingerprint density at radius 1 is 0.821 bits per heavy atom. The van der Waals surface area contributed by atoms with Gasteiger partial charge >= 0.3 is 0 Å². The molecule has 0 amide bonds. The molecular formula is C22H18ClN3O2. The van der Waals surface area contributed by atoms with E-state index in [-0.39, 0.29) is 0 Å². The van der Waals surface area contributed by atoms with Crippen LogP contribution in [0.5, 0.6) is 11.5 Å². The van der Waals surface area contributed by atoms with Crippen molar-refractivity contribution in [3.8, 4) is 22.9 Å². The summed E-state index contributed by atoms with van der Waals surface area (Å²) in [5.41, 5.74) is 2.44. The molecular weight excluding hydrogens is 374 g/mol. The van der Waals surface area contributed by atoms with Gasteiger partial charge in [0.2, 0.25) is 0 Å². The lowest BCUT2D eigenvalue weighted by Gasteiger charge is -2.13. The van der Waals surface area contributed by atoms with Crippen molar-refractivity contribution in [2.24, 2.45) is 0 Å². The van der Waals surface area contributed by atoms with E-state index in [2.05, 4.69) is 10.3 Å². The number of fused-ring (bicyclic) bond motifs is 1. The van der Waals surface area contributed by atoms with Gasteiger partial charge in [-0.25, -0.2) is 9.97 Å². The van der Waals surface area contributed by atoms with Crippen molar-refractivity contribution < 1.29 is 9.47 Å². The molecule has 4 rings (SSSR count). The molecule has 0 fully saturated rings. The maximum atomic E-state index is 6.36. The molecule has 0 saturated carbocycles. The van der Waals surface area contributed by atoms with Crippen LogP contribution in [0.2, 0.25) is 5.02 Å². The van der Waals surface area contributed by atoms with Gasteiger partial charge in [-0.05, 0) is 36.4 Å². The van der Waals surface area contributed by atoms with E-state index in [9.17, 15) is 0 Å². The third kappa shape index (κ3) is 3.44. The topological polar surface area (TPSA) is 56.3 Å². The molecule has 6 heteroatoms. The number of para-hydroxylation sites is 1. The SMILES string of the molecule is COc1ccc(Nc2nc(-c3ccccc3Cl)nc3ccccc23)cc1OC. The lowest BCUT2D eigenvalue weighted by molar-refractivity contribution is 0.355. The molecule has 1 aromatic heterocycles. The van der Waals surface area contributed by atoms with Crippen LogP contribution in [0.3, 0.4) is 0 Å². The fourth-order valence-electron chi connectivity index (χ4n) is 2.99. The standard InChI is InChI=1S/C22H18ClN3O2/c1-27-19-12-11-14(13-20(19)28-2)24-22-16-8-4-6-10-18(16)25-21(26-22)15-7-3-5-9-17(15)23/h3-13H,1-2H3,(H,24,25,26). The molecule has 0 bridgehead atoms. The second-order valence-corrected chi connectivity index (χ2v) is 6.49. The van der Waals surface area contributed by atoms with Crippen molar-refractivity contribution in [2.75, 3.05) is 19.5 Å². The number of benzene rings is 3. The highest BCUT2D eigenvalue weighted by molar-refractivity contribution is 6.33. The highest BCUT2D eigenvalue weighted by Crippen LogP contribution is 2.33. The Kier molecular flexibility index (Phi) is 5.00. The Morgan fingerprint density at radius 2 is 1.57 bits per heavy atom. The van der Waals surface area contributed by atoms with Crippen LogP contribution in [0.4, 0.5) is 11.5 Å². The summed E-state index contributed by atoms with van der Waals surface area (Å²) in [5.74, 6) is 2.55. The fourth-order valence-corrected chi connectivity index (χ4v) is 3.21. The number of hydrogen-bond acceptors (Lipinski definition) is 5. The first kappa shape index (κ1) is 18.1. The summed E-state index contributed by atoms with van der Waals surface area (Å²) < 4.78 is 10.7. The van der Waals surface area contributed by atoms with E-state index in [0.29, 0.717) is 28.2 Å². The average Bonchev–Trinajstić information content (AvgIpc) is 2.74. The third-order valence-corrected chi connectivity index (χ3v) is 4.69. The zero-order valence-corrected chi connectivity index (χ0v) is 16.2. The van der Waals surface area contributed by atoms with Gasteiger partial charge in [-0.15, -0.1) is 0 Å². The van der Waals surface area contributed by atoms with Gasteiger partial charge in [-0.3, -0.25) is 0 Å². The highest BCUT2D eigenvalue weighted by atomic mass is 35.5. The van der Waals surface area contributed by atoms with Gasteiger partial charge < -0.3 is 14.8 Å². The summed E-state index contributed by atoms with van der Waals surface area (Å²) in [4.78, 5) is 9.44. The number of anilines is 2. The minimum Gasteiger partial charge on any atom is -0.493 e. The van der Waals surface area contributed by atoms with Crippen LogP contribution in [0, 0.1) is 0 Å². The molecule has 28 heavy (non-hydrogen) atoms. The number of rotatable bonds is 5. The molecule has 5 nitrogen and oxygen atoms in total. The molecule has 1 N–H and O–H groups in total. The molecule has 0 atom stereocenters. The summed E-state index contributed by atoms with van der Waals surface area (Å²) in [6.45, 7) is 0. The lowest BCUT2D eigenvalue weighted by Crippen LogP contribution is -2.00. The maximum Gasteiger partial charge on any atom is 0.163 e. The summed E-state index contributed by atoms with van der Waals surface area (Å²) in [5, 5.41) is 4.89. The van der Waals surface area contributed by atoms with Crippen molar-refractivity contribution in [1.29, 1.82) is 0 Å². The van der Waals surface area contributed by atoms with E-state index in [1.165, 1.54) is 0 Å². The Balaban J connectivity index is 1.83. The molecule has 140 valence electrons. The first-order valence-corrected chi connectivity index (χ1v) is 9.08. The van der Waals surface area contributed by atoms with Crippen molar-refractivity contribution in [1.82, 2.24) is 9.97 Å². The van der Waals surface area contributed by atoms with Gasteiger partial charge in [0.15, 0.2) is 17.3 Å². The molecule has 1 heterocycles. The minimum atomic E-state index is 0.562. The molecule has 0 aliphatic heterocycles. The van der Waals surface area contributed by atoms with E-state index >= 15 is 0 Å². The number of methoxy groups -OCH3 is 2. The quantitative estimate of drug-likeness (QED) is 0.472. The van der Waals surface area contributed by atoms with E-state index in [1.807, 2.05) is 66.7 Å². The number of nitrogens with zero attached hydrogens (tertiary/aromatic N) is 2. The Hall–Kier alpha value is -3.31. The van der Waals surface area contributed by atoms with E-state index in [1.54, 1.807) is 14.2 Å². The molecule has 0 unspecified atom stereocenters. The monoisotopic (exact) mass is 391 g/mol. The van der Waals surface area contributed by atoms with Crippen molar-refractivity contribution >= 4 is 34.0 Å². The van der Waals surface area contributed by atoms with E-state index < -0.39 is 0 Å². The van der Waals surface area contributed by atoms with Crippen LogP contribution >= 0.6 is 11.6 Å². The Morgan fingerprint density at radius 3 is 2.36 bits per heavy atom. The molecule has 3 aromatic carbocycles. The summed E-state index contributed by atoms with van der Waals surface area (Å²) >= 11 is 6.36. The van der Waals surface area contributed by atoms with Crippen LogP contribution in [-0.4, -0.2) is 24.2 Å². The Bertz CT molecular complexity index is 1150. The van der Waals surface area contributed by atoms with Gasteiger partial charge in [0.05, 0.1) is 24.8 Å². The van der Waals surface area contributed by atoms with Crippen LogP contribution in [-0.2, 0) is 0 Å².